The first-order chi connectivity index (χ1) is 8.24. The van der Waals surface area contributed by atoms with Crippen LogP contribution in [-0.2, 0) is 0 Å². The Morgan fingerprint density at radius 3 is 2.50 bits per heavy atom. The number of carboxylic acid groups (broad SMARTS) is 1. The molecule has 0 saturated heterocycles. The molecule has 0 bridgehead atoms. The number of carbonyl (C=O) groups is 1. The number of rotatable bonds is 4. The molecule has 0 aliphatic rings. The minimum Gasteiger partial charge on any atom is -0.478 e. The van der Waals surface area contributed by atoms with Gasteiger partial charge in [-0.05, 0) is 26.0 Å². The number of hydrogen-bond acceptors (Lipinski definition) is 3. The molecule has 0 aliphatic heterocycles. The van der Waals surface area contributed by atoms with Gasteiger partial charge in [0.2, 0.25) is 0 Å². The lowest BCUT2D eigenvalue weighted by Crippen LogP contribution is -2.35. The quantitative estimate of drug-likeness (QED) is 0.905. The van der Waals surface area contributed by atoms with E-state index in [1.165, 1.54) is 19.1 Å². The average molecular weight is 262 g/mol. The van der Waals surface area contributed by atoms with Gasteiger partial charge in [0.15, 0.2) is 0 Å². The smallest absolute Gasteiger partial charge is 0.405 e. The zero-order chi connectivity index (χ0) is 13.9. The van der Waals surface area contributed by atoms with Gasteiger partial charge in [0.25, 0.3) is 0 Å². The van der Waals surface area contributed by atoms with Crippen LogP contribution in [0.15, 0.2) is 12.1 Å². The molecular weight excluding hydrogens is 249 g/mol. The fraction of sp³-hybridized carbons (Fsp3) is 0.455. The van der Waals surface area contributed by atoms with Crippen LogP contribution < -0.4 is 4.90 Å². The lowest BCUT2D eigenvalue weighted by Gasteiger charge is -2.24. The van der Waals surface area contributed by atoms with Crippen molar-refractivity contribution >= 4 is 11.8 Å². The van der Waals surface area contributed by atoms with Crippen LogP contribution in [0.3, 0.4) is 0 Å². The summed E-state index contributed by atoms with van der Waals surface area (Å²) in [5.74, 6) is -1.44. The van der Waals surface area contributed by atoms with Crippen molar-refractivity contribution in [2.45, 2.75) is 20.0 Å². The van der Waals surface area contributed by atoms with Crippen molar-refractivity contribution in [3.63, 3.8) is 0 Å². The van der Waals surface area contributed by atoms with Gasteiger partial charge in [-0.1, -0.05) is 0 Å². The van der Waals surface area contributed by atoms with Crippen LogP contribution >= 0.6 is 0 Å². The molecule has 1 aromatic rings. The van der Waals surface area contributed by atoms with Crippen molar-refractivity contribution in [3.8, 4) is 0 Å². The fourth-order valence-electron chi connectivity index (χ4n) is 1.50. The Kier molecular flexibility index (Phi) is 4.15. The Labute approximate surface area is 102 Å². The van der Waals surface area contributed by atoms with Gasteiger partial charge in [0, 0.05) is 12.2 Å². The molecule has 18 heavy (non-hydrogen) atoms. The molecular formula is C11H13F3N2O2. The number of aromatic nitrogens is 1. The molecule has 0 saturated carbocycles. The van der Waals surface area contributed by atoms with Gasteiger partial charge in [0.05, 0.1) is 0 Å². The maximum atomic E-state index is 12.4. The third-order valence-electron chi connectivity index (χ3n) is 2.30. The Morgan fingerprint density at radius 2 is 2.06 bits per heavy atom. The predicted molar refractivity (Wildman–Crippen MR) is 59.9 cm³/mol. The molecule has 100 valence electrons. The molecule has 0 amide bonds. The lowest BCUT2D eigenvalue weighted by molar-refractivity contribution is -0.119. The standard InChI is InChI=1S/C11H13F3N2O2/c1-3-16(6-11(12,13)14)9-8(10(17)18)5-4-7(2)15-9/h4-5H,3,6H2,1-2H3,(H,17,18). The van der Waals surface area contributed by atoms with Crippen molar-refractivity contribution in [2.24, 2.45) is 0 Å². The second kappa shape index (κ2) is 5.24. The summed E-state index contributed by atoms with van der Waals surface area (Å²) in [5, 5.41) is 8.95. The number of halogens is 3. The van der Waals surface area contributed by atoms with Crippen LogP contribution in [-0.4, -0.2) is 35.3 Å². The molecule has 0 atom stereocenters. The number of carboxylic acids is 1. The van der Waals surface area contributed by atoms with Crippen molar-refractivity contribution in [1.29, 1.82) is 0 Å². The zero-order valence-electron chi connectivity index (χ0n) is 9.95. The topological polar surface area (TPSA) is 53.4 Å². The van der Waals surface area contributed by atoms with Crippen LogP contribution in [0.2, 0.25) is 0 Å². The van der Waals surface area contributed by atoms with Crippen LogP contribution in [0.25, 0.3) is 0 Å². The summed E-state index contributed by atoms with van der Waals surface area (Å²) >= 11 is 0. The van der Waals surface area contributed by atoms with Crippen molar-refractivity contribution in [1.82, 2.24) is 4.98 Å². The number of anilines is 1. The second-order valence-electron chi connectivity index (χ2n) is 3.76. The molecule has 0 aromatic carbocycles. The molecule has 0 spiro atoms. The first-order valence-electron chi connectivity index (χ1n) is 5.27. The van der Waals surface area contributed by atoms with E-state index in [0.29, 0.717) is 5.69 Å². The Balaban J connectivity index is 3.19. The molecule has 0 unspecified atom stereocenters. The highest BCUT2D eigenvalue weighted by atomic mass is 19.4. The second-order valence-corrected chi connectivity index (χ2v) is 3.76. The van der Waals surface area contributed by atoms with Crippen LogP contribution in [0.4, 0.5) is 19.0 Å². The molecule has 7 heteroatoms. The van der Waals surface area contributed by atoms with Crippen LogP contribution in [0, 0.1) is 6.92 Å². The Bertz CT molecular complexity index is 446. The highest BCUT2D eigenvalue weighted by Crippen LogP contribution is 2.24. The van der Waals surface area contributed by atoms with E-state index >= 15 is 0 Å². The molecule has 0 radical (unpaired) electrons. The van der Waals surface area contributed by atoms with Gasteiger partial charge in [-0.25, -0.2) is 9.78 Å². The van der Waals surface area contributed by atoms with Crippen LogP contribution in [0.5, 0.6) is 0 Å². The number of alkyl halides is 3. The van der Waals surface area contributed by atoms with Gasteiger partial charge in [0.1, 0.15) is 17.9 Å². The van der Waals surface area contributed by atoms with E-state index in [9.17, 15) is 18.0 Å². The summed E-state index contributed by atoms with van der Waals surface area (Å²) in [6, 6.07) is 2.72. The highest BCUT2D eigenvalue weighted by molar-refractivity contribution is 5.93. The van der Waals surface area contributed by atoms with E-state index < -0.39 is 18.7 Å². The van der Waals surface area contributed by atoms with E-state index in [4.69, 9.17) is 5.11 Å². The summed E-state index contributed by atoms with van der Waals surface area (Å²) in [6.45, 7) is 1.91. The summed E-state index contributed by atoms with van der Waals surface area (Å²) < 4.78 is 37.2. The molecule has 1 aromatic heterocycles. The zero-order valence-corrected chi connectivity index (χ0v) is 9.95. The minimum atomic E-state index is -4.41. The van der Waals surface area contributed by atoms with Crippen molar-refractivity contribution in [3.05, 3.63) is 23.4 Å². The third kappa shape index (κ3) is 3.61. The average Bonchev–Trinajstić information content (AvgIpc) is 2.24. The molecule has 1 N–H and O–H groups in total. The predicted octanol–water partition coefficient (Wildman–Crippen LogP) is 2.48. The molecule has 1 heterocycles. The highest BCUT2D eigenvalue weighted by Gasteiger charge is 2.32. The maximum absolute atomic E-state index is 12.4. The van der Waals surface area contributed by atoms with Crippen molar-refractivity contribution in [2.75, 3.05) is 18.0 Å². The number of nitrogens with zero attached hydrogens (tertiary/aromatic N) is 2. The van der Waals surface area contributed by atoms with E-state index in [1.54, 1.807) is 6.92 Å². The number of hydrogen-bond donors (Lipinski definition) is 1. The first-order valence-corrected chi connectivity index (χ1v) is 5.27. The fourth-order valence-corrected chi connectivity index (χ4v) is 1.50. The Hall–Kier alpha value is -1.79. The third-order valence-corrected chi connectivity index (χ3v) is 2.30. The van der Waals surface area contributed by atoms with E-state index in [2.05, 4.69) is 4.98 Å². The number of aromatic carboxylic acids is 1. The lowest BCUT2D eigenvalue weighted by atomic mass is 10.2. The molecule has 1 rings (SSSR count). The van der Waals surface area contributed by atoms with Crippen molar-refractivity contribution < 1.29 is 23.1 Å². The normalized spacial score (nSPS) is 11.4. The SMILES string of the molecule is CCN(CC(F)(F)F)c1nc(C)ccc1C(=O)O. The van der Waals surface area contributed by atoms with Gasteiger partial charge in [-0.2, -0.15) is 13.2 Å². The van der Waals surface area contributed by atoms with E-state index in [1.807, 2.05) is 0 Å². The number of aryl methyl sites for hydroxylation is 1. The molecule has 0 fully saturated rings. The molecule has 4 nitrogen and oxygen atoms in total. The maximum Gasteiger partial charge on any atom is 0.405 e. The Morgan fingerprint density at radius 1 is 1.44 bits per heavy atom. The van der Waals surface area contributed by atoms with Gasteiger partial charge in [-0.15, -0.1) is 0 Å². The minimum absolute atomic E-state index is 0.0241. The van der Waals surface area contributed by atoms with E-state index in [-0.39, 0.29) is 17.9 Å². The summed E-state index contributed by atoms with van der Waals surface area (Å²) in [5.41, 5.74) is 0.238. The van der Waals surface area contributed by atoms with Gasteiger partial charge < -0.3 is 10.0 Å². The largest absolute Gasteiger partial charge is 0.478 e. The van der Waals surface area contributed by atoms with Gasteiger partial charge >= 0.3 is 12.1 Å². The number of pyridine rings is 1. The monoisotopic (exact) mass is 262 g/mol. The summed E-state index contributed by atoms with van der Waals surface area (Å²) in [4.78, 5) is 15.8. The van der Waals surface area contributed by atoms with Gasteiger partial charge in [-0.3, -0.25) is 0 Å². The first kappa shape index (κ1) is 14.3. The summed E-state index contributed by atoms with van der Waals surface area (Å²) in [6.07, 6.45) is -4.41. The van der Waals surface area contributed by atoms with Crippen LogP contribution in [0.1, 0.15) is 23.0 Å². The summed E-state index contributed by atoms with van der Waals surface area (Å²) in [7, 11) is 0. The van der Waals surface area contributed by atoms with E-state index in [0.717, 1.165) is 4.90 Å². The molecule has 0 aliphatic carbocycles.